The van der Waals surface area contributed by atoms with E-state index in [2.05, 4.69) is 13.0 Å². The van der Waals surface area contributed by atoms with Gasteiger partial charge in [-0.2, -0.15) is 5.26 Å². The topological polar surface area (TPSA) is 49.8 Å². The number of nitrogens with two attached hydrogens (primary N) is 1. The molecule has 1 saturated carbocycles. The molecule has 3 heteroatoms. The standard InChI is InChI=1S/C10H16N2S/c1-6-2-3-7-8(5-11)10(12)13-9(7)4-6/h6-10H,2-4,12H2,1H3. The van der Waals surface area contributed by atoms with Gasteiger partial charge in [0.05, 0.1) is 17.4 Å². The number of nitrogens with zero attached hydrogens (tertiary/aromatic N) is 1. The Bertz CT molecular complexity index is 236. The number of hydrogen-bond acceptors (Lipinski definition) is 3. The number of nitriles is 1. The maximum absolute atomic E-state index is 9.00. The quantitative estimate of drug-likeness (QED) is 0.644. The van der Waals surface area contributed by atoms with E-state index in [1.54, 1.807) is 0 Å². The van der Waals surface area contributed by atoms with E-state index in [1.165, 1.54) is 19.3 Å². The van der Waals surface area contributed by atoms with Gasteiger partial charge in [0.1, 0.15) is 0 Å². The van der Waals surface area contributed by atoms with Crippen LogP contribution in [-0.4, -0.2) is 10.6 Å². The van der Waals surface area contributed by atoms with Gasteiger partial charge in [0.15, 0.2) is 0 Å². The summed E-state index contributed by atoms with van der Waals surface area (Å²) in [4.78, 5) is 0. The molecule has 1 aliphatic heterocycles. The first-order valence-electron chi connectivity index (χ1n) is 5.03. The molecule has 0 aromatic rings. The molecule has 13 heavy (non-hydrogen) atoms. The molecule has 0 aromatic carbocycles. The molecule has 0 bridgehead atoms. The fraction of sp³-hybridized carbons (Fsp3) is 0.900. The Morgan fingerprint density at radius 2 is 2.23 bits per heavy atom. The van der Waals surface area contributed by atoms with Gasteiger partial charge in [0.2, 0.25) is 0 Å². The molecule has 5 unspecified atom stereocenters. The van der Waals surface area contributed by atoms with Crippen LogP contribution in [-0.2, 0) is 0 Å². The average Bonchev–Trinajstić information content (AvgIpc) is 2.39. The lowest BCUT2D eigenvalue weighted by atomic mass is 9.77. The normalized spacial score (nSPS) is 49.8. The molecule has 72 valence electrons. The third-order valence-corrected chi connectivity index (χ3v) is 4.90. The Morgan fingerprint density at radius 1 is 1.46 bits per heavy atom. The molecule has 1 aliphatic carbocycles. The number of rotatable bonds is 0. The first-order valence-corrected chi connectivity index (χ1v) is 5.97. The van der Waals surface area contributed by atoms with Crippen molar-refractivity contribution in [1.29, 1.82) is 5.26 Å². The summed E-state index contributed by atoms with van der Waals surface area (Å²) in [6.07, 6.45) is 3.76. The van der Waals surface area contributed by atoms with Gasteiger partial charge in [0.25, 0.3) is 0 Å². The van der Waals surface area contributed by atoms with E-state index in [-0.39, 0.29) is 11.3 Å². The first-order chi connectivity index (χ1) is 6.22. The van der Waals surface area contributed by atoms with Crippen molar-refractivity contribution < 1.29 is 0 Å². The van der Waals surface area contributed by atoms with E-state index >= 15 is 0 Å². The van der Waals surface area contributed by atoms with E-state index in [4.69, 9.17) is 11.0 Å². The summed E-state index contributed by atoms with van der Waals surface area (Å²) in [5.41, 5.74) is 5.94. The van der Waals surface area contributed by atoms with Crippen LogP contribution in [0.1, 0.15) is 26.2 Å². The van der Waals surface area contributed by atoms with E-state index in [9.17, 15) is 0 Å². The Morgan fingerprint density at radius 3 is 2.92 bits per heavy atom. The minimum Gasteiger partial charge on any atom is -0.318 e. The van der Waals surface area contributed by atoms with Crippen LogP contribution in [0.4, 0.5) is 0 Å². The Hall–Kier alpha value is -0.200. The van der Waals surface area contributed by atoms with Crippen LogP contribution >= 0.6 is 11.8 Å². The van der Waals surface area contributed by atoms with Crippen LogP contribution in [0.25, 0.3) is 0 Å². The molecular weight excluding hydrogens is 180 g/mol. The maximum Gasteiger partial charge on any atom is 0.0746 e. The molecule has 2 N–H and O–H groups in total. The lowest BCUT2D eigenvalue weighted by molar-refractivity contribution is 0.268. The Labute approximate surface area is 83.9 Å². The van der Waals surface area contributed by atoms with Crippen molar-refractivity contribution in [3.63, 3.8) is 0 Å². The highest BCUT2D eigenvalue weighted by Crippen LogP contribution is 2.49. The molecule has 5 atom stereocenters. The monoisotopic (exact) mass is 196 g/mol. The third kappa shape index (κ3) is 1.58. The fourth-order valence-corrected chi connectivity index (χ4v) is 4.40. The molecule has 2 nitrogen and oxygen atoms in total. The van der Waals surface area contributed by atoms with E-state index in [0.717, 1.165) is 5.92 Å². The summed E-state index contributed by atoms with van der Waals surface area (Å²) in [5.74, 6) is 1.53. The van der Waals surface area contributed by atoms with Crippen LogP contribution in [0.15, 0.2) is 0 Å². The van der Waals surface area contributed by atoms with Crippen LogP contribution in [0.5, 0.6) is 0 Å². The highest BCUT2D eigenvalue weighted by Gasteiger charge is 2.44. The maximum atomic E-state index is 9.00. The van der Waals surface area contributed by atoms with Gasteiger partial charge < -0.3 is 5.73 Å². The van der Waals surface area contributed by atoms with Crippen molar-refractivity contribution in [2.24, 2.45) is 23.5 Å². The van der Waals surface area contributed by atoms with Crippen LogP contribution in [0, 0.1) is 29.1 Å². The minimum atomic E-state index is 0.0744. The molecule has 0 aromatic heterocycles. The zero-order valence-electron chi connectivity index (χ0n) is 7.94. The average molecular weight is 196 g/mol. The predicted molar refractivity (Wildman–Crippen MR) is 55.0 cm³/mol. The second-order valence-electron chi connectivity index (χ2n) is 4.38. The fourth-order valence-electron chi connectivity index (χ4n) is 2.62. The largest absolute Gasteiger partial charge is 0.318 e. The van der Waals surface area contributed by atoms with Gasteiger partial charge in [-0.3, -0.25) is 0 Å². The lowest BCUT2D eigenvalue weighted by Gasteiger charge is -2.29. The van der Waals surface area contributed by atoms with Gasteiger partial charge >= 0.3 is 0 Å². The zero-order chi connectivity index (χ0) is 9.42. The molecule has 2 rings (SSSR count). The molecule has 2 aliphatic rings. The van der Waals surface area contributed by atoms with Crippen molar-refractivity contribution in [1.82, 2.24) is 0 Å². The first kappa shape index (κ1) is 9.36. The summed E-state index contributed by atoms with van der Waals surface area (Å²) in [5, 5.41) is 9.74. The highest BCUT2D eigenvalue weighted by atomic mass is 32.2. The van der Waals surface area contributed by atoms with Gasteiger partial charge in [-0.1, -0.05) is 13.3 Å². The molecular formula is C10H16N2S. The molecule has 0 radical (unpaired) electrons. The number of fused-ring (bicyclic) bond motifs is 1. The van der Waals surface area contributed by atoms with Crippen LogP contribution in [0.2, 0.25) is 0 Å². The summed E-state index contributed by atoms with van der Waals surface area (Å²) < 4.78 is 0. The molecule has 0 spiro atoms. The number of hydrogen-bond donors (Lipinski definition) is 1. The second kappa shape index (κ2) is 3.51. The van der Waals surface area contributed by atoms with Crippen LogP contribution in [0.3, 0.4) is 0 Å². The van der Waals surface area contributed by atoms with Gasteiger partial charge in [0, 0.05) is 5.25 Å². The van der Waals surface area contributed by atoms with Gasteiger partial charge in [-0.05, 0) is 24.7 Å². The lowest BCUT2D eigenvalue weighted by Crippen LogP contribution is -2.28. The smallest absolute Gasteiger partial charge is 0.0746 e. The van der Waals surface area contributed by atoms with Crippen LogP contribution < -0.4 is 5.73 Å². The highest BCUT2D eigenvalue weighted by molar-refractivity contribution is 8.00. The van der Waals surface area contributed by atoms with Crippen molar-refractivity contribution in [2.45, 2.75) is 36.8 Å². The molecule has 1 heterocycles. The zero-order valence-corrected chi connectivity index (χ0v) is 8.76. The van der Waals surface area contributed by atoms with Crippen molar-refractivity contribution in [2.75, 3.05) is 0 Å². The van der Waals surface area contributed by atoms with E-state index in [0.29, 0.717) is 11.2 Å². The Balaban J connectivity index is 2.10. The number of thioether (sulfide) groups is 1. The van der Waals surface area contributed by atoms with Crippen molar-refractivity contribution in [3.8, 4) is 6.07 Å². The molecule has 0 amide bonds. The summed E-state index contributed by atoms with van der Waals surface area (Å²) >= 11 is 1.84. The van der Waals surface area contributed by atoms with Gasteiger partial charge in [-0.25, -0.2) is 0 Å². The van der Waals surface area contributed by atoms with E-state index in [1.807, 2.05) is 11.8 Å². The van der Waals surface area contributed by atoms with E-state index < -0.39 is 0 Å². The summed E-state index contributed by atoms with van der Waals surface area (Å²) in [6, 6.07) is 2.38. The second-order valence-corrected chi connectivity index (χ2v) is 5.80. The van der Waals surface area contributed by atoms with Crippen molar-refractivity contribution >= 4 is 11.8 Å². The summed E-state index contributed by atoms with van der Waals surface area (Å²) in [6.45, 7) is 2.31. The third-order valence-electron chi connectivity index (χ3n) is 3.40. The summed E-state index contributed by atoms with van der Waals surface area (Å²) in [7, 11) is 0. The Kier molecular flexibility index (Phi) is 2.53. The minimum absolute atomic E-state index is 0.0744. The predicted octanol–water partition coefficient (Wildman–Crippen LogP) is 1.96. The van der Waals surface area contributed by atoms with Gasteiger partial charge in [-0.15, -0.1) is 11.8 Å². The molecule has 1 saturated heterocycles. The molecule has 2 fully saturated rings. The SMILES string of the molecule is CC1CCC2C(C1)SC(N)C2C#N. The van der Waals surface area contributed by atoms with Crippen molar-refractivity contribution in [3.05, 3.63) is 0 Å².